The van der Waals surface area contributed by atoms with Crippen LogP contribution in [0.1, 0.15) is 18.4 Å². The Labute approximate surface area is 119 Å². The summed E-state index contributed by atoms with van der Waals surface area (Å²) in [6, 6.07) is 6.59. The average molecular weight is 281 g/mol. The molecule has 1 aromatic carbocycles. The fraction of sp³-hybridized carbons (Fsp3) is 0.571. The van der Waals surface area contributed by atoms with Crippen molar-refractivity contribution in [2.24, 2.45) is 5.92 Å². The number of fused-ring (bicyclic) bond motifs is 1. The monoisotopic (exact) mass is 281 g/mol. The van der Waals surface area contributed by atoms with Crippen LogP contribution in [0.3, 0.4) is 0 Å². The van der Waals surface area contributed by atoms with Gasteiger partial charge in [-0.05, 0) is 60.2 Å². The van der Waals surface area contributed by atoms with Gasteiger partial charge in [-0.25, -0.2) is 4.31 Å². The van der Waals surface area contributed by atoms with Gasteiger partial charge in [-0.1, -0.05) is 0 Å². The lowest BCUT2D eigenvalue weighted by Gasteiger charge is -2.30. The molecule has 3 rings (SSSR count). The van der Waals surface area contributed by atoms with E-state index >= 15 is 0 Å². The molecule has 4 heteroatoms. The third-order valence-electron chi connectivity index (χ3n) is 3.73. The lowest BCUT2D eigenvalue weighted by atomic mass is 10.0. The third-order valence-corrected chi connectivity index (χ3v) is 5.33. The van der Waals surface area contributed by atoms with Gasteiger partial charge in [0.15, 0.2) is 0 Å². The predicted molar refractivity (Wildman–Crippen MR) is 79.6 cm³/mol. The molecular weight excluding hydrogens is 262 g/mol. The van der Waals surface area contributed by atoms with Crippen LogP contribution in [0.25, 0.3) is 0 Å². The van der Waals surface area contributed by atoms with Gasteiger partial charge in [-0.15, -0.1) is 0 Å². The van der Waals surface area contributed by atoms with Gasteiger partial charge in [0.2, 0.25) is 0 Å². The first-order chi connectivity index (χ1) is 8.85. The molecule has 18 heavy (non-hydrogen) atoms. The summed E-state index contributed by atoms with van der Waals surface area (Å²) in [5, 5.41) is 0. The van der Waals surface area contributed by atoms with Crippen molar-refractivity contribution in [1.29, 1.82) is 0 Å². The Bertz CT molecular complexity index is 416. The largest absolute Gasteiger partial charge is 0.493 e. The van der Waals surface area contributed by atoms with Gasteiger partial charge in [0.1, 0.15) is 5.75 Å². The first-order valence-electron chi connectivity index (χ1n) is 6.64. The molecule has 2 aliphatic heterocycles. The smallest absolute Gasteiger partial charge is 0.122 e. The third kappa shape index (κ3) is 2.81. The number of ether oxygens (including phenoxy) is 1. The molecule has 2 nitrogen and oxygen atoms in total. The number of thiol groups is 1. The summed E-state index contributed by atoms with van der Waals surface area (Å²) < 4.78 is 8.02. The quantitative estimate of drug-likeness (QED) is 0.675. The molecule has 0 aromatic heterocycles. The molecule has 0 atom stereocenters. The van der Waals surface area contributed by atoms with Crippen molar-refractivity contribution in [2.45, 2.75) is 24.2 Å². The van der Waals surface area contributed by atoms with Crippen LogP contribution in [0.2, 0.25) is 0 Å². The van der Waals surface area contributed by atoms with Crippen molar-refractivity contribution in [3.8, 4) is 5.75 Å². The molecule has 98 valence electrons. The average Bonchev–Trinajstić information content (AvgIpc) is 2.87. The van der Waals surface area contributed by atoms with Gasteiger partial charge >= 0.3 is 0 Å². The Morgan fingerprint density at radius 3 is 2.94 bits per heavy atom. The number of hydrogen-bond acceptors (Lipinski definition) is 4. The van der Waals surface area contributed by atoms with E-state index in [1.165, 1.54) is 36.4 Å². The van der Waals surface area contributed by atoms with Crippen LogP contribution in [-0.4, -0.2) is 29.8 Å². The van der Waals surface area contributed by atoms with Gasteiger partial charge < -0.3 is 4.74 Å². The number of piperidine rings is 1. The molecule has 1 fully saturated rings. The van der Waals surface area contributed by atoms with Gasteiger partial charge in [-0.2, -0.15) is 12.6 Å². The van der Waals surface area contributed by atoms with Gasteiger partial charge in [0, 0.05) is 24.4 Å². The van der Waals surface area contributed by atoms with E-state index < -0.39 is 0 Å². The van der Waals surface area contributed by atoms with E-state index in [-0.39, 0.29) is 0 Å². The van der Waals surface area contributed by atoms with E-state index in [0.717, 1.165) is 30.4 Å². The summed E-state index contributed by atoms with van der Waals surface area (Å²) in [5.74, 6) is 2.93. The Hall–Kier alpha value is -0.320. The summed E-state index contributed by atoms with van der Waals surface area (Å²) in [4.78, 5) is 1.35. The summed E-state index contributed by atoms with van der Waals surface area (Å²) in [6.07, 6.45) is 3.63. The minimum atomic E-state index is 0.818. The van der Waals surface area contributed by atoms with Crippen LogP contribution >= 0.6 is 24.6 Å². The Morgan fingerprint density at radius 1 is 1.33 bits per heavy atom. The van der Waals surface area contributed by atoms with E-state index in [2.05, 4.69) is 35.1 Å². The zero-order valence-corrected chi connectivity index (χ0v) is 12.2. The van der Waals surface area contributed by atoms with Gasteiger partial charge in [-0.3, -0.25) is 0 Å². The van der Waals surface area contributed by atoms with E-state index in [4.69, 9.17) is 4.74 Å². The fourth-order valence-corrected chi connectivity index (χ4v) is 3.93. The van der Waals surface area contributed by atoms with Crippen molar-refractivity contribution in [3.63, 3.8) is 0 Å². The van der Waals surface area contributed by atoms with Crippen molar-refractivity contribution in [2.75, 3.05) is 25.4 Å². The molecule has 0 amide bonds. The van der Waals surface area contributed by atoms with Crippen LogP contribution in [0.5, 0.6) is 5.75 Å². The highest BCUT2D eigenvalue weighted by Gasteiger charge is 2.19. The predicted octanol–water partition coefficient (Wildman–Crippen LogP) is 3.27. The first-order valence-corrected chi connectivity index (χ1v) is 8.05. The van der Waals surface area contributed by atoms with E-state index in [0.29, 0.717) is 0 Å². The Kier molecular flexibility index (Phi) is 4.07. The summed E-state index contributed by atoms with van der Waals surface area (Å²) in [5.41, 5.74) is 1.37. The molecule has 1 saturated heterocycles. The van der Waals surface area contributed by atoms with E-state index in [1.54, 1.807) is 0 Å². The molecule has 2 heterocycles. The van der Waals surface area contributed by atoms with E-state index in [9.17, 15) is 0 Å². The zero-order chi connectivity index (χ0) is 12.4. The summed E-state index contributed by atoms with van der Waals surface area (Å²) >= 11 is 6.29. The Balaban J connectivity index is 1.60. The van der Waals surface area contributed by atoms with Crippen LogP contribution < -0.4 is 4.74 Å². The summed E-state index contributed by atoms with van der Waals surface area (Å²) in [6.45, 7) is 3.21. The van der Waals surface area contributed by atoms with Crippen LogP contribution in [0.4, 0.5) is 0 Å². The Morgan fingerprint density at radius 2 is 2.17 bits per heavy atom. The molecule has 0 spiro atoms. The SMILES string of the molecule is SCC1CCN(Sc2ccc3c(c2)CCO3)CC1. The first kappa shape index (κ1) is 12.7. The lowest BCUT2D eigenvalue weighted by Crippen LogP contribution is -2.29. The standard InChI is InChI=1S/C14H19NOS2/c17-10-11-3-6-15(7-4-11)18-13-1-2-14-12(9-13)5-8-16-14/h1-2,9,11,17H,3-8,10H2. The van der Waals surface area contributed by atoms with Crippen LogP contribution in [0.15, 0.2) is 23.1 Å². The van der Waals surface area contributed by atoms with Gasteiger partial charge in [0.05, 0.1) is 6.61 Å². The normalized spacial score (nSPS) is 20.7. The van der Waals surface area contributed by atoms with Crippen molar-refractivity contribution < 1.29 is 4.74 Å². The number of rotatable bonds is 3. The molecule has 2 aliphatic rings. The highest BCUT2D eigenvalue weighted by Crippen LogP contribution is 2.33. The molecular formula is C14H19NOS2. The topological polar surface area (TPSA) is 12.5 Å². The maximum atomic E-state index is 5.54. The molecule has 0 radical (unpaired) electrons. The lowest BCUT2D eigenvalue weighted by molar-refractivity contribution is 0.312. The second-order valence-corrected chi connectivity index (χ2v) is 6.55. The van der Waals surface area contributed by atoms with Crippen LogP contribution in [-0.2, 0) is 6.42 Å². The second-order valence-electron chi connectivity index (χ2n) is 5.01. The fourth-order valence-electron chi connectivity index (χ4n) is 2.55. The molecule has 0 bridgehead atoms. The number of nitrogens with zero attached hydrogens (tertiary/aromatic N) is 1. The zero-order valence-electron chi connectivity index (χ0n) is 10.5. The maximum Gasteiger partial charge on any atom is 0.122 e. The second kappa shape index (κ2) is 5.76. The molecule has 0 unspecified atom stereocenters. The molecule has 1 aromatic rings. The minimum Gasteiger partial charge on any atom is -0.493 e. The molecule has 0 N–H and O–H groups in total. The number of benzene rings is 1. The maximum absolute atomic E-state index is 5.54. The number of hydrogen-bond donors (Lipinski definition) is 1. The van der Waals surface area contributed by atoms with Crippen LogP contribution in [0, 0.1) is 5.92 Å². The van der Waals surface area contributed by atoms with Crippen molar-refractivity contribution >= 4 is 24.6 Å². The molecule has 0 aliphatic carbocycles. The highest BCUT2D eigenvalue weighted by atomic mass is 32.2. The summed E-state index contributed by atoms with van der Waals surface area (Å²) in [7, 11) is 0. The minimum absolute atomic E-state index is 0.818. The van der Waals surface area contributed by atoms with Crippen molar-refractivity contribution in [1.82, 2.24) is 4.31 Å². The van der Waals surface area contributed by atoms with Gasteiger partial charge in [0.25, 0.3) is 0 Å². The molecule has 0 saturated carbocycles. The highest BCUT2D eigenvalue weighted by molar-refractivity contribution is 7.97. The van der Waals surface area contributed by atoms with Crippen molar-refractivity contribution in [3.05, 3.63) is 23.8 Å². The van der Waals surface area contributed by atoms with E-state index in [1.807, 2.05) is 11.9 Å².